The van der Waals surface area contributed by atoms with Crippen LogP contribution in [-0.2, 0) is 5.41 Å². The lowest BCUT2D eigenvalue weighted by atomic mass is 9.83. The van der Waals surface area contributed by atoms with Crippen LogP contribution in [0.4, 0.5) is 0 Å². The fourth-order valence-electron chi connectivity index (χ4n) is 2.11. The maximum absolute atomic E-state index is 3.21. The highest BCUT2D eigenvalue weighted by Gasteiger charge is 2.25. The molecule has 2 aromatic heterocycles. The molecular formula is C13H19NS. The number of fused-ring (bicyclic) bond motifs is 1. The van der Waals surface area contributed by atoms with Crippen molar-refractivity contribution in [3.05, 3.63) is 22.8 Å². The molecule has 0 saturated carbocycles. The normalized spacial score (nSPS) is 12.9. The van der Waals surface area contributed by atoms with Gasteiger partial charge in [-0.25, -0.2) is 0 Å². The van der Waals surface area contributed by atoms with Gasteiger partial charge in [0.15, 0.2) is 0 Å². The molecule has 0 unspecified atom stereocenters. The average Bonchev–Trinajstić information content (AvgIpc) is 2.56. The summed E-state index contributed by atoms with van der Waals surface area (Å²) in [4.78, 5) is 4.75. The molecule has 0 amide bonds. The number of nitrogens with one attached hydrogen (secondary N) is 1. The molecule has 0 aliphatic heterocycles. The van der Waals surface area contributed by atoms with E-state index in [4.69, 9.17) is 0 Å². The Labute approximate surface area is 95.5 Å². The Hall–Kier alpha value is -0.760. The van der Waals surface area contributed by atoms with Gasteiger partial charge in [-0.2, -0.15) is 0 Å². The third-order valence-corrected chi connectivity index (χ3v) is 4.17. The Bertz CT molecular complexity index is 468. The molecule has 0 aromatic carbocycles. The largest absolute Gasteiger partial charge is 0.366 e. The third kappa shape index (κ3) is 1.71. The average molecular weight is 221 g/mol. The number of hydrogen-bond acceptors (Lipinski definition) is 1. The molecule has 15 heavy (non-hydrogen) atoms. The highest BCUT2D eigenvalue weighted by atomic mass is 32.1. The monoisotopic (exact) mass is 221 g/mol. The van der Waals surface area contributed by atoms with Crippen molar-refractivity contribution in [2.24, 2.45) is 0 Å². The maximum Gasteiger partial charge on any atom is 0.0523 e. The fourth-order valence-corrected chi connectivity index (χ4v) is 3.50. The van der Waals surface area contributed by atoms with E-state index in [0.717, 1.165) is 0 Å². The number of hydrogen-bond donors (Lipinski definition) is 1. The fraction of sp³-hybridized carbons (Fsp3) is 0.538. The molecule has 82 valence electrons. The van der Waals surface area contributed by atoms with Crippen molar-refractivity contribution in [2.75, 3.05) is 0 Å². The Balaban J connectivity index is 2.75. The van der Waals surface area contributed by atoms with Crippen LogP contribution < -0.4 is 0 Å². The number of aromatic nitrogens is 1. The van der Waals surface area contributed by atoms with E-state index in [-0.39, 0.29) is 5.41 Å². The van der Waals surface area contributed by atoms with E-state index in [0.29, 0.717) is 5.92 Å². The summed E-state index contributed by atoms with van der Waals surface area (Å²) in [7, 11) is 0. The predicted molar refractivity (Wildman–Crippen MR) is 69.0 cm³/mol. The topological polar surface area (TPSA) is 15.8 Å². The molecule has 1 N–H and O–H groups in total. The van der Waals surface area contributed by atoms with Crippen LogP contribution in [0.15, 0.2) is 12.4 Å². The van der Waals surface area contributed by atoms with Crippen LogP contribution in [0.25, 0.3) is 10.1 Å². The highest BCUT2D eigenvalue weighted by molar-refractivity contribution is 7.19. The van der Waals surface area contributed by atoms with Crippen LogP contribution in [0.5, 0.6) is 0 Å². The minimum Gasteiger partial charge on any atom is -0.366 e. The first-order valence-electron chi connectivity index (χ1n) is 5.51. The molecule has 2 aromatic rings. The minimum absolute atomic E-state index is 0.236. The van der Waals surface area contributed by atoms with E-state index in [2.05, 4.69) is 52.0 Å². The molecule has 1 nitrogen and oxygen atoms in total. The van der Waals surface area contributed by atoms with Crippen LogP contribution in [0.2, 0.25) is 0 Å². The first-order valence-corrected chi connectivity index (χ1v) is 6.32. The smallest absolute Gasteiger partial charge is 0.0523 e. The van der Waals surface area contributed by atoms with Gasteiger partial charge in [0.05, 0.1) is 4.70 Å². The Morgan fingerprint density at radius 3 is 2.40 bits per heavy atom. The van der Waals surface area contributed by atoms with Crippen molar-refractivity contribution < 1.29 is 0 Å². The van der Waals surface area contributed by atoms with Crippen molar-refractivity contribution >= 4 is 21.4 Å². The number of thiophene rings is 1. The zero-order valence-electron chi connectivity index (χ0n) is 10.1. The summed E-state index contributed by atoms with van der Waals surface area (Å²) in [6, 6.07) is 0. The van der Waals surface area contributed by atoms with Gasteiger partial charge in [0.1, 0.15) is 0 Å². The summed E-state index contributed by atoms with van der Waals surface area (Å²) in [5.41, 5.74) is 1.76. The second-order valence-electron chi connectivity index (χ2n) is 5.48. The maximum atomic E-state index is 3.21. The van der Waals surface area contributed by atoms with Gasteiger partial charge in [0.25, 0.3) is 0 Å². The molecule has 2 rings (SSSR count). The van der Waals surface area contributed by atoms with Crippen LogP contribution in [-0.4, -0.2) is 4.98 Å². The lowest BCUT2D eigenvalue weighted by Crippen LogP contribution is -2.13. The lowest BCUT2D eigenvalue weighted by molar-refractivity contribution is 0.587. The zero-order chi connectivity index (χ0) is 11.2. The molecular weight excluding hydrogens is 202 g/mol. The highest BCUT2D eigenvalue weighted by Crippen LogP contribution is 2.42. The molecule has 0 saturated heterocycles. The summed E-state index contributed by atoms with van der Waals surface area (Å²) >= 11 is 1.93. The minimum atomic E-state index is 0.236. The van der Waals surface area contributed by atoms with Crippen LogP contribution in [0, 0.1) is 0 Å². The van der Waals surface area contributed by atoms with Crippen molar-refractivity contribution in [1.29, 1.82) is 0 Å². The molecule has 0 atom stereocenters. The Kier molecular flexibility index (Phi) is 2.42. The van der Waals surface area contributed by atoms with Crippen molar-refractivity contribution in [2.45, 2.75) is 46.0 Å². The second kappa shape index (κ2) is 3.38. The van der Waals surface area contributed by atoms with Gasteiger partial charge < -0.3 is 4.98 Å². The van der Waals surface area contributed by atoms with Gasteiger partial charge in [-0.05, 0) is 16.9 Å². The standard InChI is InChI=1S/C13H19NS/c1-8(2)12-11(13(3,4)5)9-6-14-7-10(9)15-12/h6-8,14H,1-5H3. The van der Waals surface area contributed by atoms with E-state index in [9.17, 15) is 0 Å². The van der Waals surface area contributed by atoms with Gasteiger partial charge in [-0.15, -0.1) is 11.3 Å². The molecule has 2 heteroatoms. The van der Waals surface area contributed by atoms with Gasteiger partial charge in [0.2, 0.25) is 0 Å². The van der Waals surface area contributed by atoms with Crippen LogP contribution >= 0.6 is 11.3 Å². The number of aromatic amines is 1. The van der Waals surface area contributed by atoms with Gasteiger partial charge in [-0.1, -0.05) is 34.6 Å². The zero-order valence-corrected chi connectivity index (χ0v) is 11.0. The molecule has 0 fully saturated rings. The first-order chi connectivity index (χ1) is 6.91. The number of rotatable bonds is 1. The summed E-state index contributed by atoms with van der Waals surface area (Å²) < 4.78 is 1.39. The quantitative estimate of drug-likeness (QED) is 0.721. The van der Waals surface area contributed by atoms with Crippen LogP contribution in [0.1, 0.15) is 51.0 Å². The molecule has 0 radical (unpaired) electrons. The first kappa shape index (κ1) is 10.7. The van der Waals surface area contributed by atoms with Crippen molar-refractivity contribution in [3.8, 4) is 0 Å². The van der Waals surface area contributed by atoms with E-state index < -0.39 is 0 Å². The third-order valence-electron chi connectivity index (χ3n) is 2.72. The summed E-state index contributed by atoms with van der Waals surface area (Å²) in [5, 5.41) is 1.41. The summed E-state index contributed by atoms with van der Waals surface area (Å²) in [6.07, 6.45) is 4.25. The molecule has 0 spiro atoms. The van der Waals surface area contributed by atoms with Gasteiger partial charge in [0, 0.05) is 22.7 Å². The SMILES string of the molecule is CC(C)c1sc2c[nH]cc2c1C(C)(C)C. The van der Waals surface area contributed by atoms with E-state index in [1.165, 1.54) is 15.6 Å². The Morgan fingerprint density at radius 1 is 1.20 bits per heavy atom. The van der Waals surface area contributed by atoms with Gasteiger partial charge in [-0.3, -0.25) is 0 Å². The van der Waals surface area contributed by atoms with E-state index in [1.54, 1.807) is 4.88 Å². The van der Waals surface area contributed by atoms with Crippen LogP contribution in [0.3, 0.4) is 0 Å². The molecule has 2 heterocycles. The van der Waals surface area contributed by atoms with E-state index in [1.807, 2.05) is 11.3 Å². The van der Waals surface area contributed by atoms with E-state index >= 15 is 0 Å². The molecule has 0 aliphatic carbocycles. The second-order valence-corrected chi connectivity index (χ2v) is 6.56. The molecule has 0 bridgehead atoms. The van der Waals surface area contributed by atoms with Gasteiger partial charge >= 0.3 is 0 Å². The molecule has 0 aliphatic rings. The van der Waals surface area contributed by atoms with Crippen molar-refractivity contribution in [1.82, 2.24) is 4.98 Å². The number of H-pyrrole nitrogens is 1. The lowest BCUT2D eigenvalue weighted by Gasteiger charge is -2.21. The summed E-state index contributed by atoms with van der Waals surface area (Å²) in [6.45, 7) is 11.5. The van der Waals surface area contributed by atoms with Crippen molar-refractivity contribution in [3.63, 3.8) is 0 Å². The summed E-state index contributed by atoms with van der Waals surface area (Å²) in [5.74, 6) is 0.622. The predicted octanol–water partition coefficient (Wildman–Crippen LogP) is 4.65. The Morgan fingerprint density at radius 2 is 1.87 bits per heavy atom.